The molecule has 0 fully saturated rings. The van der Waals surface area contributed by atoms with E-state index in [1.807, 2.05) is 0 Å². The molecule has 0 saturated carbocycles. The number of rotatable bonds is 4. The summed E-state index contributed by atoms with van der Waals surface area (Å²) < 4.78 is 4.96. The molecule has 0 atom stereocenters. The lowest BCUT2D eigenvalue weighted by molar-refractivity contribution is 0.196. The molecule has 0 saturated heterocycles. The maximum Gasteiger partial charge on any atom is 0.216 e. The van der Waals surface area contributed by atoms with Crippen LogP contribution < -0.4 is 4.74 Å². The Morgan fingerprint density at radius 1 is 1.62 bits per heavy atom. The van der Waals surface area contributed by atoms with Gasteiger partial charge in [-0.25, -0.2) is 9.97 Å². The zero-order valence-corrected chi connectivity index (χ0v) is 6.66. The molecule has 1 rings (SSSR count). The molecule has 0 unspecified atom stereocenters. The molecule has 0 aliphatic carbocycles. The van der Waals surface area contributed by atoms with Crippen molar-refractivity contribution in [1.29, 1.82) is 0 Å². The van der Waals surface area contributed by atoms with Crippen LogP contribution in [0.2, 0.25) is 0 Å². The van der Waals surface area contributed by atoms with E-state index in [0.717, 1.165) is 0 Å². The van der Waals surface area contributed by atoms with E-state index in [9.17, 15) is 0 Å². The second-order valence-electron chi connectivity index (χ2n) is 1.98. The van der Waals surface area contributed by atoms with Crippen LogP contribution in [-0.4, -0.2) is 28.3 Å². The summed E-state index contributed by atoms with van der Waals surface area (Å²) >= 11 is 0. The molecule has 0 aromatic carbocycles. The molecular formula is C6H7N5O2. The SMILES string of the molecule is [N-]=[N+]=Nc1cc(OCCO)ncn1. The molecular weight excluding hydrogens is 174 g/mol. The maximum absolute atomic E-state index is 8.45. The summed E-state index contributed by atoms with van der Waals surface area (Å²) in [5.74, 6) is 0.455. The van der Waals surface area contributed by atoms with Gasteiger partial charge in [0.25, 0.3) is 0 Å². The smallest absolute Gasteiger partial charge is 0.216 e. The summed E-state index contributed by atoms with van der Waals surface area (Å²) in [5, 5.41) is 11.7. The van der Waals surface area contributed by atoms with Crippen molar-refractivity contribution in [2.75, 3.05) is 13.2 Å². The number of aliphatic hydroxyl groups excluding tert-OH is 1. The molecule has 13 heavy (non-hydrogen) atoms. The Morgan fingerprint density at radius 3 is 3.15 bits per heavy atom. The van der Waals surface area contributed by atoms with Crippen LogP contribution in [0.4, 0.5) is 5.82 Å². The van der Waals surface area contributed by atoms with Crippen molar-refractivity contribution in [2.45, 2.75) is 0 Å². The van der Waals surface area contributed by atoms with Gasteiger partial charge < -0.3 is 9.84 Å². The molecule has 0 aliphatic heterocycles. The lowest BCUT2D eigenvalue weighted by Crippen LogP contribution is -2.02. The molecule has 1 aromatic rings. The molecule has 0 amide bonds. The first-order valence-corrected chi connectivity index (χ1v) is 3.47. The Morgan fingerprint density at radius 2 is 2.46 bits per heavy atom. The van der Waals surface area contributed by atoms with Gasteiger partial charge in [-0.3, -0.25) is 0 Å². The van der Waals surface area contributed by atoms with Crippen LogP contribution in [0, 0.1) is 0 Å². The highest BCUT2D eigenvalue weighted by Gasteiger charge is 1.96. The molecule has 0 aliphatic rings. The molecule has 0 radical (unpaired) electrons. The van der Waals surface area contributed by atoms with Crippen molar-refractivity contribution in [3.05, 3.63) is 22.8 Å². The van der Waals surface area contributed by atoms with Crippen molar-refractivity contribution in [2.24, 2.45) is 5.11 Å². The average molecular weight is 181 g/mol. The number of hydrogen-bond donors (Lipinski definition) is 1. The maximum atomic E-state index is 8.45. The van der Waals surface area contributed by atoms with Crippen LogP contribution in [0.3, 0.4) is 0 Å². The van der Waals surface area contributed by atoms with E-state index >= 15 is 0 Å². The van der Waals surface area contributed by atoms with Crippen molar-refractivity contribution in [1.82, 2.24) is 9.97 Å². The van der Waals surface area contributed by atoms with Crippen LogP contribution in [0.5, 0.6) is 5.88 Å². The molecule has 68 valence electrons. The summed E-state index contributed by atoms with van der Waals surface area (Å²) in [5.41, 5.74) is 8.10. The number of ether oxygens (including phenoxy) is 1. The highest BCUT2D eigenvalue weighted by molar-refractivity contribution is 5.30. The van der Waals surface area contributed by atoms with Gasteiger partial charge in [-0.05, 0) is 10.6 Å². The summed E-state index contributed by atoms with van der Waals surface area (Å²) in [6.07, 6.45) is 1.22. The number of aliphatic hydroxyl groups is 1. The van der Waals surface area contributed by atoms with Crippen molar-refractivity contribution >= 4 is 5.82 Å². The Kier molecular flexibility index (Phi) is 3.49. The average Bonchev–Trinajstić information content (AvgIpc) is 2.16. The summed E-state index contributed by atoms with van der Waals surface area (Å²) in [4.78, 5) is 9.95. The van der Waals surface area contributed by atoms with Gasteiger partial charge in [0.15, 0.2) is 0 Å². The van der Waals surface area contributed by atoms with Crippen molar-refractivity contribution in [3.63, 3.8) is 0 Å². The third-order valence-electron chi connectivity index (χ3n) is 1.12. The van der Waals surface area contributed by atoms with Crippen LogP contribution in [0.25, 0.3) is 10.4 Å². The minimum Gasteiger partial charge on any atom is -0.475 e. The van der Waals surface area contributed by atoms with Gasteiger partial charge in [-0.15, -0.1) is 0 Å². The second-order valence-corrected chi connectivity index (χ2v) is 1.98. The number of nitrogens with zero attached hydrogens (tertiary/aromatic N) is 5. The molecule has 7 nitrogen and oxygen atoms in total. The van der Waals surface area contributed by atoms with Crippen LogP contribution in [0.1, 0.15) is 0 Å². The Bertz CT molecular complexity index is 323. The van der Waals surface area contributed by atoms with Gasteiger partial charge in [0.2, 0.25) is 5.88 Å². The Balaban J connectivity index is 2.73. The minimum absolute atomic E-state index is 0.0964. The summed E-state index contributed by atoms with van der Waals surface area (Å²) in [7, 11) is 0. The predicted molar refractivity (Wildman–Crippen MR) is 43.4 cm³/mol. The van der Waals surface area contributed by atoms with Crippen LogP contribution in [0.15, 0.2) is 17.5 Å². The highest BCUT2D eigenvalue weighted by Crippen LogP contribution is 2.13. The number of hydrogen-bond acceptors (Lipinski definition) is 5. The summed E-state index contributed by atoms with van der Waals surface area (Å²) in [6, 6.07) is 1.38. The van der Waals surface area contributed by atoms with E-state index in [-0.39, 0.29) is 24.9 Å². The van der Waals surface area contributed by atoms with Gasteiger partial charge in [-0.1, -0.05) is 0 Å². The monoisotopic (exact) mass is 181 g/mol. The standard InChI is InChI=1S/C6H7N5O2/c7-11-10-5-3-6(9-4-8-5)13-2-1-12/h3-4,12H,1-2H2. The molecule has 0 spiro atoms. The van der Waals surface area contributed by atoms with E-state index in [1.165, 1.54) is 12.4 Å². The van der Waals surface area contributed by atoms with Gasteiger partial charge in [-0.2, -0.15) is 0 Å². The highest BCUT2D eigenvalue weighted by atomic mass is 16.5. The van der Waals surface area contributed by atoms with E-state index in [0.29, 0.717) is 0 Å². The first-order chi connectivity index (χ1) is 6.36. The lowest BCUT2D eigenvalue weighted by Gasteiger charge is -2.01. The second kappa shape index (κ2) is 4.91. The molecule has 1 aromatic heterocycles. The zero-order valence-electron chi connectivity index (χ0n) is 6.66. The normalized spacial score (nSPS) is 9.00. The van der Waals surface area contributed by atoms with E-state index in [1.54, 1.807) is 0 Å². The fourth-order valence-electron chi connectivity index (χ4n) is 0.660. The first-order valence-electron chi connectivity index (χ1n) is 3.47. The van der Waals surface area contributed by atoms with E-state index < -0.39 is 0 Å². The first kappa shape index (κ1) is 9.24. The third-order valence-corrected chi connectivity index (χ3v) is 1.12. The van der Waals surface area contributed by atoms with Gasteiger partial charge in [0, 0.05) is 11.0 Å². The summed E-state index contributed by atoms with van der Waals surface area (Å²) in [6.45, 7) is 0.0492. The fourth-order valence-corrected chi connectivity index (χ4v) is 0.660. The predicted octanol–water partition coefficient (Wildman–Crippen LogP) is 0.789. The largest absolute Gasteiger partial charge is 0.475 e. The Hall–Kier alpha value is -1.85. The number of azide groups is 1. The number of aromatic nitrogens is 2. The molecule has 0 bridgehead atoms. The molecule has 1 N–H and O–H groups in total. The van der Waals surface area contributed by atoms with Gasteiger partial charge in [0.1, 0.15) is 18.8 Å². The fraction of sp³-hybridized carbons (Fsp3) is 0.333. The minimum atomic E-state index is -0.0964. The van der Waals surface area contributed by atoms with Crippen molar-refractivity contribution in [3.8, 4) is 5.88 Å². The van der Waals surface area contributed by atoms with E-state index in [2.05, 4.69) is 20.0 Å². The Labute approximate surface area is 73.6 Å². The topological polar surface area (TPSA) is 104 Å². The van der Waals surface area contributed by atoms with E-state index in [4.69, 9.17) is 15.4 Å². The van der Waals surface area contributed by atoms with Crippen molar-refractivity contribution < 1.29 is 9.84 Å². The van der Waals surface area contributed by atoms with Gasteiger partial charge in [0.05, 0.1) is 6.61 Å². The quantitative estimate of drug-likeness (QED) is 0.421. The molecule has 1 heterocycles. The zero-order chi connectivity index (χ0) is 9.52. The third kappa shape index (κ3) is 2.94. The molecule has 7 heteroatoms. The van der Waals surface area contributed by atoms with Crippen LogP contribution >= 0.6 is 0 Å². The lowest BCUT2D eigenvalue weighted by atomic mass is 10.6. The van der Waals surface area contributed by atoms with Gasteiger partial charge >= 0.3 is 0 Å². The van der Waals surface area contributed by atoms with Crippen LogP contribution in [-0.2, 0) is 0 Å².